The molecule has 21 heavy (non-hydrogen) atoms. The van der Waals surface area contributed by atoms with Crippen molar-refractivity contribution in [1.82, 2.24) is 5.32 Å². The molecule has 0 unspecified atom stereocenters. The summed E-state index contributed by atoms with van der Waals surface area (Å²) in [5, 5.41) is 29.4. The molecule has 8 N–H and O–H groups in total. The fraction of sp³-hybridized carbons (Fsp3) is 0.750. The zero-order valence-corrected chi connectivity index (χ0v) is 11.7. The van der Waals surface area contributed by atoms with Gasteiger partial charge in [-0.3, -0.25) is 14.4 Å². The average molecular weight is 305 g/mol. The van der Waals surface area contributed by atoms with Gasteiger partial charge in [0.1, 0.15) is 17.9 Å². The van der Waals surface area contributed by atoms with E-state index in [1.165, 1.54) is 0 Å². The fourth-order valence-corrected chi connectivity index (χ4v) is 1.50. The van der Waals surface area contributed by atoms with Crippen LogP contribution in [0.4, 0.5) is 0 Å². The Kier molecular flexibility index (Phi) is 9.46. The molecule has 0 heterocycles. The highest BCUT2D eigenvalue weighted by Gasteiger charge is 2.15. The number of aliphatic hydroxyl groups is 1. The molecule has 0 aliphatic rings. The Morgan fingerprint density at radius 3 is 2.00 bits per heavy atom. The Hall–Kier alpha value is -1.55. The molecule has 9 nitrogen and oxygen atoms in total. The minimum Gasteiger partial charge on any atom is -0.480 e. The highest BCUT2D eigenvalue weighted by atomic mass is 16.4. The molecule has 0 aliphatic heterocycles. The first kappa shape index (κ1) is 19.4. The lowest BCUT2D eigenvalue weighted by Gasteiger charge is -2.13. The van der Waals surface area contributed by atoms with Crippen LogP contribution in [0.3, 0.4) is 0 Å². The lowest BCUT2D eigenvalue weighted by molar-refractivity contribution is -0.139. The third kappa shape index (κ3) is 9.91. The van der Waals surface area contributed by atoms with Crippen LogP contribution in [0, 0.1) is 0 Å². The lowest BCUT2D eigenvalue weighted by Crippen LogP contribution is -2.35. The molecule has 0 rings (SSSR count). The third-order valence-electron chi connectivity index (χ3n) is 2.88. The van der Waals surface area contributed by atoms with E-state index in [2.05, 4.69) is 5.32 Å². The first-order chi connectivity index (χ1) is 9.73. The van der Waals surface area contributed by atoms with E-state index in [1.807, 2.05) is 0 Å². The second kappa shape index (κ2) is 10.2. The lowest BCUT2D eigenvalue weighted by atomic mass is 10.1. The molecular weight excluding hydrogens is 282 g/mol. The summed E-state index contributed by atoms with van der Waals surface area (Å²) in [7, 11) is 0. The molecule has 0 spiro atoms. The molecule has 0 radical (unpaired) electrons. The molecule has 3 atom stereocenters. The summed E-state index contributed by atoms with van der Waals surface area (Å²) >= 11 is 0. The molecule has 122 valence electrons. The van der Waals surface area contributed by atoms with Crippen LogP contribution in [-0.2, 0) is 14.4 Å². The van der Waals surface area contributed by atoms with Crippen molar-refractivity contribution in [3.05, 3.63) is 0 Å². The number of hydrogen-bond donors (Lipinski definition) is 6. The van der Waals surface area contributed by atoms with Crippen LogP contribution in [-0.4, -0.2) is 64.3 Å². The highest BCUT2D eigenvalue weighted by Crippen LogP contribution is 2.00. The Morgan fingerprint density at radius 2 is 1.48 bits per heavy atom. The Bertz CT molecular complexity index is 363. The normalized spacial score (nSPS) is 15.2. The zero-order chi connectivity index (χ0) is 16.4. The fourth-order valence-electron chi connectivity index (χ4n) is 1.50. The van der Waals surface area contributed by atoms with Crippen molar-refractivity contribution >= 4 is 17.7 Å². The minimum absolute atomic E-state index is 0.00557. The maximum Gasteiger partial charge on any atom is 0.320 e. The van der Waals surface area contributed by atoms with Gasteiger partial charge in [-0.25, -0.2) is 0 Å². The summed E-state index contributed by atoms with van der Waals surface area (Å²) < 4.78 is 0. The predicted molar refractivity (Wildman–Crippen MR) is 73.6 cm³/mol. The van der Waals surface area contributed by atoms with Crippen molar-refractivity contribution in [3.8, 4) is 0 Å². The SMILES string of the molecule is N[C@@H](CCC(=O)CNC[C@H](O)CC[C@H](N)C(=O)O)C(=O)O. The highest BCUT2D eigenvalue weighted by molar-refractivity contribution is 5.81. The van der Waals surface area contributed by atoms with E-state index in [0.717, 1.165) is 0 Å². The number of ketones is 1. The molecule has 0 aromatic carbocycles. The van der Waals surface area contributed by atoms with E-state index < -0.39 is 30.1 Å². The van der Waals surface area contributed by atoms with Crippen LogP contribution >= 0.6 is 0 Å². The summed E-state index contributed by atoms with van der Waals surface area (Å²) in [5.74, 6) is -2.48. The molecule has 0 saturated carbocycles. The van der Waals surface area contributed by atoms with Gasteiger partial charge in [-0.1, -0.05) is 0 Å². The van der Waals surface area contributed by atoms with Gasteiger partial charge in [0.05, 0.1) is 12.6 Å². The number of carbonyl (C=O) groups is 3. The topological polar surface area (TPSA) is 176 Å². The van der Waals surface area contributed by atoms with Gasteiger partial charge in [0.15, 0.2) is 0 Å². The Morgan fingerprint density at radius 1 is 0.952 bits per heavy atom. The van der Waals surface area contributed by atoms with E-state index in [0.29, 0.717) is 0 Å². The first-order valence-electron chi connectivity index (χ1n) is 6.61. The number of hydrogen-bond acceptors (Lipinski definition) is 7. The van der Waals surface area contributed by atoms with Gasteiger partial charge in [-0.15, -0.1) is 0 Å². The van der Waals surface area contributed by atoms with Gasteiger partial charge in [0.25, 0.3) is 0 Å². The smallest absolute Gasteiger partial charge is 0.320 e. The van der Waals surface area contributed by atoms with Gasteiger partial charge < -0.3 is 32.1 Å². The van der Waals surface area contributed by atoms with Gasteiger partial charge >= 0.3 is 11.9 Å². The minimum atomic E-state index is -1.15. The molecular formula is C12H23N3O6. The number of carboxylic acids is 2. The molecule has 0 fully saturated rings. The second-order valence-electron chi connectivity index (χ2n) is 4.83. The van der Waals surface area contributed by atoms with Crippen LogP contribution in [0.1, 0.15) is 25.7 Å². The number of carbonyl (C=O) groups excluding carboxylic acids is 1. The number of rotatable bonds is 12. The van der Waals surface area contributed by atoms with Crippen LogP contribution in [0.5, 0.6) is 0 Å². The third-order valence-corrected chi connectivity index (χ3v) is 2.88. The van der Waals surface area contributed by atoms with Crippen LogP contribution in [0.25, 0.3) is 0 Å². The molecule has 0 aliphatic carbocycles. The molecule has 0 saturated heterocycles. The zero-order valence-electron chi connectivity index (χ0n) is 11.7. The molecule has 0 aromatic heterocycles. The standard InChI is InChI=1S/C12H23N3O6/c13-9(11(18)19)3-1-7(16)5-15-6-8(17)2-4-10(14)12(20)21/h7,9-10,15-16H,1-6,13-14H2,(H,18,19)(H,20,21)/t7-,9+,10+/m1/s1. The van der Waals surface area contributed by atoms with Crippen LogP contribution in [0.2, 0.25) is 0 Å². The van der Waals surface area contributed by atoms with Crippen molar-refractivity contribution in [2.45, 2.75) is 43.9 Å². The summed E-state index contributed by atoms with van der Waals surface area (Å²) in [6.07, 6.45) is -0.353. The molecule has 0 amide bonds. The second-order valence-corrected chi connectivity index (χ2v) is 4.83. The number of aliphatic hydroxyl groups excluding tert-OH is 1. The monoisotopic (exact) mass is 305 g/mol. The number of Topliss-reactive ketones (excluding diaryl/α,β-unsaturated/α-hetero) is 1. The summed E-state index contributed by atoms with van der Waals surface area (Å²) in [6, 6.07) is -2.07. The van der Waals surface area contributed by atoms with Crippen LogP contribution < -0.4 is 16.8 Å². The van der Waals surface area contributed by atoms with E-state index >= 15 is 0 Å². The number of nitrogens with two attached hydrogens (primary N) is 2. The number of nitrogens with one attached hydrogen (secondary N) is 1. The maximum absolute atomic E-state index is 11.4. The summed E-state index contributed by atoms with van der Waals surface area (Å²) in [6.45, 7) is 0.122. The summed E-state index contributed by atoms with van der Waals surface area (Å²) in [5.41, 5.74) is 10.6. The molecule has 9 heteroatoms. The average Bonchev–Trinajstić information content (AvgIpc) is 2.41. The van der Waals surface area contributed by atoms with Gasteiger partial charge in [0, 0.05) is 13.0 Å². The van der Waals surface area contributed by atoms with E-state index in [1.54, 1.807) is 0 Å². The summed E-state index contributed by atoms with van der Waals surface area (Å²) in [4.78, 5) is 32.3. The van der Waals surface area contributed by atoms with Crippen molar-refractivity contribution in [2.75, 3.05) is 13.1 Å². The van der Waals surface area contributed by atoms with Gasteiger partial charge in [0.2, 0.25) is 0 Å². The van der Waals surface area contributed by atoms with E-state index in [9.17, 15) is 19.5 Å². The number of aliphatic carboxylic acids is 2. The van der Waals surface area contributed by atoms with Gasteiger partial charge in [-0.05, 0) is 19.3 Å². The van der Waals surface area contributed by atoms with Crippen molar-refractivity contribution in [3.63, 3.8) is 0 Å². The maximum atomic E-state index is 11.4. The van der Waals surface area contributed by atoms with Crippen molar-refractivity contribution in [2.24, 2.45) is 11.5 Å². The van der Waals surface area contributed by atoms with E-state index in [4.69, 9.17) is 21.7 Å². The Labute approximate surface area is 122 Å². The largest absolute Gasteiger partial charge is 0.480 e. The molecule has 0 aromatic rings. The first-order valence-corrected chi connectivity index (χ1v) is 6.61. The van der Waals surface area contributed by atoms with Crippen molar-refractivity contribution in [1.29, 1.82) is 0 Å². The molecule has 0 bridgehead atoms. The Balaban J connectivity index is 3.71. The number of carboxylic acid groups (broad SMARTS) is 2. The predicted octanol–water partition coefficient (Wildman–Crippen LogP) is -2.11. The van der Waals surface area contributed by atoms with Crippen molar-refractivity contribution < 1.29 is 29.7 Å². The van der Waals surface area contributed by atoms with Gasteiger partial charge in [-0.2, -0.15) is 0 Å². The quantitative estimate of drug-likeness (QED) is 0.235. The van der Waals surface area contributed by atoms with Crippen LogP contribution in [0.15, 0.2) is 0 Å². The van der Waals surface area contributed by atoms with E-state index in [-0.39, 0.29) is 44.6 Å².